The Hall–Kier alpha value is 0. The molecule has 2 rings (SSSR count). The van der Waals surface area contributed by atoms with Crippen molar-refractivity contribution in [2.45, 2.75) is 39.0 Å². The lowest BCUT2D eigenvalue weighted by atomic mass is 9.61. The van der Waals surface area contributed by atoms with Crippen molar-refractivity contribution in [1.29, 1.82) is 0 Å². The van der Waals surface area contributed by atoms with Gasteiger partial charge in [0.05, 0.1) is 0 Å². The molecule has 0 amide bonds. The summed E-state index contributed by atoms with van der Waals surface area (Å²) in [5, 5.41) is 0. The highest BCUT2D eigenvalue weighted by molar-refractivity contribution is 4.87. The quantitative estimate of drug-likeness (QED) is 0.466. The van der Waals surface area contributed by atoms with Crippen molar-refractivity contribution in [3.63, 3.8) is 0 Å². The highest BCUT2D eigenvalue weighted by Gasteiger charge is 2.36. The van der Waals surface area contributed by atoms with Crippen molar-refractivity contribution in [3.8, 4) is 0 Å². The van der Waals surface area contributed by atoms with Crippen LogP contribution in [-0.2, 0) is 0 Å². The topological polar surface area (TPSA) is 0 Å². The van der Waals surface area contributed by atoms with E-state index >= 15 is 0 Å². The molecule has 2 aliphatic rings. The van der Waals surface area contributed by atoms with Crippen molar-refractivity contribution >= 4 is 0 Å². The molecule has 3 atom stereocenters. The maximum absolute atomic E-state index is 2.44. The lowest BCUT2D eigenvalue weighted by Gasteiger charge is -2.44. The van der Waals surface area contributed by atoms with Gasteiger partial charge >= 0.3 is 0 Å². The van der Waals surface area contributed by atoms with E-state index in [0.717, 1.165) is 17.8 Å². The number of hydrogen-bond acceptors (Lipinski definition) is 0. The first-order valence-electron chi connectivity index (χ1n) is 4.38. The minimum Gasteiger partial charge on any atom is -0.0622 e. The van der Waals surface area contributed by atoms with Crippen LogP contribution in [-0.4, -0.2) is 0 Å². The minimum absolute atomic E-state index is 1.07. The van der Waals surface area contributed by atoms with Gasteiger partial charge < -0.3 is 0 Å². The van der Waals surface area contributed by atoms with Gasteiger partial charge in [-0.05, 0) is 30.6 Å². The Kier molecular flexibility index (Phi) is 1.28. The monoisotopic (exact) mass is 124 g/mol. The zero-order chi connectivity index (χ0) is 6.27. The zero-order valence-corrected chi connectivity index (χ0v) is 6.27. The SMILES string of the molecule is CC1CCCC2CCC12. The van der Waals surface area contributed by atoms with Crippen LogP contribution >= 0.6 is 0 Å². The molecule has 3 unspecified atom stereocenters. The molecule has 0 aromatic carbocycles. The Morgan fingerprint density at radius 2 is 1.89 bits per heavy atom. The summed E-state index contributed by atoms with van der Waals surface area (Å²) in [5.41, 5.74) is 0. The van der Waals surface area contributed by atoms with E-state index in [9.17, 15) is 0 Å². The molecule has 52 valence electrons. The van der Waals surface area contributed by atoms with Gasteiger partial charge in [-0.25, -0.2) is 0 Å². The van der Waals surface area contributed by atoms with Gasteiger partial charge in [-0.2, -0.15) is 0 Å². The molecule has 0 saturated heterocycles. The fraction of sp³-hybridized carbons (Fsp3) is 1.00. The molecule has 0 radical (unpaired) electrons. The van der Waals surface area contributed by atoms with Gasteiger partial charge in [-0.1, -0.05) is 26.2 Å². The maximum Gasteiger partial charge on any atom is -0.0360 e. The fourth-order valence-electron chi connectivity index (χ4n) is 2.62. The highest BCUT2D eigenvalue weighted by atomic mass is 14.4. The van der Waals surface area contributed by atoms with Crippen LogP contribution in [0.25, 0.3) is 0 Å². The summed E-state index contributed by atoms with van der Waals surface area (Å²) in [6, 6.07) is 0. The van der Waals surface area contributed by atoms with E-state index in [1.54, 1.807) is 19.3 Å². The van der Waals surface area contributed by atoms with E-state index in [-0.39, 0.29) is 0 Å². The van der Waals surface area contributed by atoms with Crippen LogP contribution in [0, 0.1) is 17.8 Å². The van der Waals surface area contributed by atoms with E-state index in [2.05, 4.69) is 6.92 Å². The molecule has 2 fully saturated rings. The summed E-state index contributed by atoms with van der Waals surface area (Å²) >= 11 is 0. The molecule has 0 N–H and O–H groups in total. The first-order valence-corrected chi connectivity index (χ1v) is 4.38. The van der Waals surface area contributed by atoms with E-state index in [4.69, 9.17) is 0 Å². The van der Waals surface area contributed by atoms with Crippen molar-refractivity contribution in [3.05, 3.63) is 0 Å². The van der Waals surface area contributed by atoms with Gasteiger partial charge in [0.1, 0.15) is 0 Å². The summed E-state index contributed by atoms with van der Waals surface area (Å²) < 4.78 is 0. The molecule has 0 aromatic rings. The van der Waals surface area contributed by atoms with Gasteiger partial charge in [0.15, 0.2) is 0 Å². The van der Waals surface area contributed by atoms with Gasteiger partial charge in [0, 0.05) is 0 Å². The molecule has 0 heteroatoms. The van der Waals surface area contributed by atoms with E-state index in [0.29, 0.717) is 0 Å². The molecule has 0 heterocycles. The van der Waals surface area contributed by atoms with Crippen LogP contribution in [0.3, 0.4) is 0 Å². The second kappa shape index (κ2) is 2.00. The average Bonchev–Trinajstić information content (AvgIpc) is 1.74. The average molecular weight is 124 g/mol. The Bertz CT molecular complexity index is 101. The Morgan fingerprint density at radius 1 is 1.00 bits per heavy atom. The standard InChI is InChI=1S/C9H16/c1-7-3-2-4-8-5-6-9(7)8/h7-9H,2-6H2,1H3. The molecule has 0 nitrogen and oxygen atoms in total. The van der Waals surface area contributed by atoms with Crippen LogP contribution in [0.1, 0.15) is 39.0 Å². The molecular formula is C9H16. The van der Waals surface area contributed by atoms with Crippen LogP contribution in [0.4, 0.5) is 0 Å². The van der Waals surface area contributed by atoms with E-state index < -0.39 is 0 Å². The molecule has 0 aliphatic heterocycles. The third-order valence-corrected chi connectivity index (χ3v) is 3.44. The van der Waals surface area contributed by atoms with Gasteiger partial charge in [0.25, 0.3) is 0 Å². The van der Waals surface area contributed by atoms with E-state index in [1.165, 1.54) is 12.8 Å². The third-order valence-electron chi connectivity index (χ3n) is 3.44. The Morgan fingerprint density at radius 3 is 2.33 bits per heavy atom. The predicted molar refractivity (Wildman–Crippen MR) is 39.2 cm³/mol. The number of hydrogen-bond donors (Lipinski definition) is 0. The lowest BCUT2D eigenvalue weighted by Crippen LogP contribution is -2.34. The van der Waals surface area contributed by atoms with Crippen molar-refractivity contribution in [2.75, 3.05) is 0 Å². The van der Waals surface area contributed by atoms with Gasteiger partial charge in [-0.15, -0.1) is 0 Å². The molecular weight excluding hydrogens is 108 g/mol. The normalized spacial score (nSPS) is 49.7. The van der Waals surface area contributed by atoms with Crippen molar-refractivity contribution in [2.24, 2.45) is 17.8 Å². The summed E-state index contributed by atoms with van der Waals surface area (Å²) in [6.07, 6.45) is 7.68. The van der Waals surface area contributed by atoms with Crippen LogP contribution in [0.5, 0.6) is 0 Å². The van der Waals surface area contributed by atoms with Gasteiger partial charge in [-0.3, -0.25) is 0 Å². The number of fused-ring (bicyclic) bond motifs is 1. The van der Waals surface area contributed by atoms with Crippen molar-refractivity contribution in [1.82, 2.24) is 0 Å². The van der Waals surface area contributed by atoms with E-state index in [1.807, 2.05) is 0 Å². The predicted octanol–water partition coefficient (Wildman–Crippen LogP) is 2.83. The molecule has 2 aliphatic carbocycles. The second-order valence-electron chi connectivity index (χ2n) is 3.91. The molecule has 9 heavy (non-hydrogen) atoms. The summed E-state index contributed by atoms with van der Waals surface area (Å²) in [4.78, 5) is 0. The minimum atomic E-state index is 1.07. The maximum atomic E-state index is 2.44. The van der Waals surface area contributed by atoms with Crippen LogP contribution < -0.4 is 0 Å². The fourth-order valence-corrected chi connectivity index (χ4v) is 2.62. The summed E-state index contributed by atoms with van der Waals surface area (Å²) in [5.74, 6) is 3.38. The Labute approximate surface area is 57.6 Å². The summed E-state index contributed by atoms with van der Waals surface area (Å²) in [7, 11) is 0. The van der Waals surface area contributed by atoms with Crippen LogP contribution in [0.2, 0.25) is 0 Å². The molecule has 0 spiro atoms. The van der Waals surface area contributed by atoms with Gasteiger partial charge in [0.2, 0.25) is 0 Å². The molecule has 0 bridgehead atoms. The first-order chi connectivity index (χ1) is 4.38. The largest absolute Gasteiger partial charge is 0.0622 e. The molecule has 0 aromatic heterocycles. The number of rotatable bonds is 0. The Balaban J connectivity index is 1.98. The highest BCUT2D eigenvalue weighted by Crippen LogP contribution is 2.47. The first kappa shape index (κ1) is 5.76. The lowest BCUT2D eigenvalue weighted by molar-refractivity contribution is 0.0622. The zero-order valence-electron chi connectivity index (χ0n) is 6.27. The smallest absolute Gasteiger partial charge is 0.0360 e. The van der Waals surface area contributed by atoms with Crippen LogP contribution in [0.15, 0.2) is 0 Å². The second-order valence-corrected chi connectivity index (χ2v) is 3.91. The molecule has 2 saturated carbocycles. The summed E-state index contributed by atoms with van der Waals surface area (Å²) in [6.45, 7) is 2.44. The third kappa shape index (κ3) is 0.798. The van der Waals surface area contributed by atoms with Crippen molar-refractivity contribution < 1.29 is 0 Å².